The molecule has 2 rings (SSSR count). The number of thiophene rings is 1. The van der Waals surface area contributed by atoms with Gasteiger partial charge in [-0.3, -0.25) is 19.6 Å². The number of nitrogens with zero attached hydrogens (tertiary/aromatic N) is 3. The topological polar surface area (TPSA) is 110 Å². The number of aryl methyl sites for hydroxylation is 1. The first-order valence-corrected chi connectivity index (χ1v) is 7.49. The van der Waals surface area contributed by atoms with Crippen molar-refractivity contribution in [2.75, 3.05) is 6.54 Å². The molecular weight excluding hydrogens is 308 g/mol. The fourth-order valence-corrected chi connectivity index (χ4v) is 2.80. The Morgan fingerprint density at radius 1 is 1.59 bits per heavy atom. The van der Waals surface area contributed by atoms with Gasteiger partial charge in [0.25, 0.3) is 0 Å². The minimum absolute atomic E-state index is 0.0777. The number of hydrogen-bond donors (Lipinski definition) is 2. The maximum atomic E-state index is 11.9. The molecule has 2 aromatic rings. The first-order valence-electron chi connectivity index (χ1n) is 6.55. The van der Waals surface area contributed by atoms with Crippen LogP contribution in [0.5, 0.6) is 0 Å². The number of nitro groups is 1. The maximum absolute atomic E-state index is 11.9. The highest BCUT2D eigenvalue weighted by atomic mass is 32.1. The molecule has 0 fully saturated rings. The van der Waals surface area contributed by atoms with Crippen LogP contribution in [0, 0.1) is 24.0 Å². The number of aromatic nitrogens is 2. The van der Waals surface area contributed by atoms with Crippen molar-refractivity contribution >= 4 is 22.9 Å². The van der Waals surface area contributed by atoms with E-state index in [4.69, 9.17) is 0 Å². The van der Waals surface area contributed by atoms with Gasteiger partial charge in [0, 0.05) is 6.54 Å². The number of aliphatic hydroxyl groups is 1. The van der Waals surface area contributed by atoms with E-state index < -0.39 is 11.0 Å². The lowest BCUT2D eigenvalue weighted by Crippen LogP contribution is -2.31. The predicted molar refractivity (Wildman–Crippen MR) is 80.6 cm³/mol. The van der Waals surface area contributed by atoms with Crippen LogP contribution < -0.4 is 5.32 Å². The van der Waals surface area contributed by atoms with Crippen LogP contribution in [-0.4, -0.2) is 32.3 Å². The van der Waals surface area contributed by atoms with Crippen molar-refractivity contribution in [3.63, 3.8) is 0 Å². The van der Waals surface area contributed by atoms with Gasteiger partial charge in [-0.2, -0.15) is 16.4 Å². The van der Waals surface area contributed by atoms with Crippen LogP contribution in [-0.2, 0) is 11.3 Å². The van der Waals surface area contributed by atoms with Crippen molar-refractivity contribution in [2.24, 2.45) is 0 Å². The molecule has 0 saturated carbocycles. The highest BCUT2D eigenvalue weighted by Gasteiger charge is 2.22. The Bertz CT molecular complexity index is 681. The Morgan fingerprint density at radius 2 is 2.32 bits per heavy atom. The van der Waals surface area contributed by atoms with E-state index in [2.05, 4.69) is 10.4 Å². The Morgan fingerprint density at radius 3 is 2.86 bits per heavy atom. The average molecular weight is 324 g/mol. The molecule has 1 amide bonds. The second kappa shape index (κ2) is 6.67. The van der Waals surface area contributed by atoms with E-state index in [1.165, 1.54) is 22.9 Å². The standard InChI is InChI=1S/C13H16N4O4S/c1-8-13(17(20)21)9(2)16(15-8)6-12(19)14-5-11(18)10-3-4-22-7-10/h3-4,7,11,18H,5-6H2,1-2H3,(H,14,19). The lowest BCUT2D eigenvalue weighted by molar-refractivity contribution is -0.386. The van der Waals surface area contributed by atoms with E-state index in [1.807, 2.05) is 5.38 Å². The summed E-state index contributed by atoms with van der Waals surface area (Å²) in [6.07, 6.45) is -0.773. The fourth-order valence-electron chi connectivity index (χ4n) is 2.09. The van der Waals surface area contributed by atoms with Crippen LogP contribution in [0.25, 0.3) is 0 Å². The smallest absolute Gasteiger partial charge is 0.312 e. The van der Waals surface area contributed by atoms with Crippen molar-refractivity contribution in [3.8, 4) is 0 Å². The molecule has 22 heavy (non-hydrogen) atoms. The molecule has 118 valence electrons. The summed E-state index contributed by atoms with van der Waals surface area (Å²) >= 11 is 1.46. The molecular formula is C13H16N4O4S. The Labute approximate surface area is 130 Å². The summed E-state index contributed by atoms with van der Waals surface area (Å²) in [5.41, 5.74) is 1.27. The number of hydrogen-bond acceptors (Lipinski definition) is 6. The minimum atomic E-state index is -0.773. The van der Waals surface area contributed by atoms with E-state index in [9.17, 15) is 20.0 Å². The molecule has 9 heteroatoms. The van der Waals surface area contributed by atoms with Crippen LogP contribution in [0.3, 0.4) is 0 Å². The van der Waals surface area contributed by atoms with Gasteiger partial charge in [-0.05, 0) is 36.2 Å². The second-order valence-corrected chi connectivity index (χ2v) is 5.59. The van der Waals surface area contributed by atoms with Crippen molar-refractivity contribution in [1.29, 1.82) is 0 Å². The van der Waals surface area contributed by atoms with Gasteiger partial charge >= 0.3 is 5.69 Å². The number of amides is 1. The van der Waals surface area contributed by atoms with Gasteiger partial charge in [-0.1, -0.05) is 0 Å². The predicted octanol–water partition coefficient (Wildman–Crippen LogP) is 1.32. The molecule has 0 aliphatic rings. The Kier molecular flexibility index (Phi) is 4.88. The first kappa shape index (κ1) is 16.1. The van der Waals surface area contributed by atoms with Gasteiger partial charge in [0.15, 0.2) is 0 Å². The zero-order valence-corrected chi connectivity index (χ0v) is 13.0. The summed E-state index contributed by atoms with van der Waals surface area (Å²) < 4.78 is 1.29. The molecule has 0 saturated heterocycles. The number of rotatable bonds is 6. The van der Waals surface area contributed by atoms with Gasteiger partial charge < -0.3 is 10.4 Å². The molecule has 2 heterocycles. The molecule has 0 aliphatic heterocycles. The quantitative estimate of drug-likeness (QED) is 0.615. The third kappa shape index (κ3) is 3.49. The molecule has 0 aromatic carbocycles. The summed E-state index contributed by atoms with van der Waals surface area (Å²) in [6, 6.07) is 1.78. The fraction of sp³-hybridized carbons (Fsp3) is 0.385. The van der Waals surface area contributed by atoms with Crippen molar-refractivity contribution in [1.82, 2.24) is 15.1 Å². The largest absolute Gasteiger partial charge is 0.387 e. The average Bonchev–Trinajstić information content (AvgIpc) is 3.05. The molecule has 1 atom stereocenters. The van der Waals surface area contributed by atoms with E-state index in [1.54, 1.807) is 18.4 Å². The molecule has 0 aliphatic carbocycles. The highest BCUT2D eigenvalue weighted by Crippen LogP contribution is 2.21. The summed E-state index contributed by atoms with van der Waals surface area (Å²) in [6.45, 7) is 3.03. The lowest BCUT2D eigenvalue weighted by Gasteiger charge is -2.11. The lowest BCUT2D eigenvalue weighted by atomic mass is 10.2. The van der Waals surface area contributed by atoms with Crippen molar-refractivity contribution in [2.45, 2.75) is 26.5 Å². The van der Waals surface area contributed by atoms with E-state index in [0.717, 1.165) is 5.56 Å². The summed E-state index contributed by atoms with van der Waals surface area (Å²) in [5, 5.41) is 31.0. The van der Waals surface area contributed by atoms with Crippen LogP contribution in [0.15, 0.2) is 16.8 Å². The Balaban J connectivity index is 1.95. The molecule has 2 N–H and O–H groups in total. The second-order valence-electron chi connectivity index (χ2n) is 4.81. The van der Waals surface area contributed by atoms with Gasteiger partial charge in [0.1, 0.15) is 17.9 Å². The van der Waals surface area contributed by atoms with Gasteiger partial charge in [-0.15, -0.1) is 0 Å². The first-order chi connectivity index (χ1) is 10.4. The Hall–Kier alpha value is -2.26. The minimum Gasteiger partial charge on any atom is -0.387 e. The van der Waals surface area contributed by atoms with E-state index in [0.29, 0.717) is 5.69 Å². The maximum Gasteiger partial charge on any atom is 0.312 e. The molecule has 1 unspecified atom stereocenters. The van der Waals surface area contributed by atoms with Gasteiger partial charge in [0.05, 0.1) is 11.0 Å². The van der Waals surface area contributed by atoms with Gasteiger partial charge in [0.2, 0.25) is 5.91 Å². The molecule has 0 radical (unpaired) electrons. The zero-order valence-electron chi connectivity index (χ0n) is 12.1. The van der Waals surface area contributed by atoms with Crippen LogP contribution in [0.2, 0.25) is 0 Å². The molecule has 2 aromatic heterocycles. The van der Waals surface area contributed by atoms with Crippen molar-refractivity contribution < 1.29 is 14.8 Å². The van der Waals surface area contributed by atoms with Crippen molar-refractivity contribution in [3.05, 3.63) is 43.9 Å². The van der Waals surface area contributed by atoms with Crippen LogP contribution >= 0.6 is 11.3 Å². The van der Waals surface area contributed by atoms with Crippen LogP contribution in [0.4, 0.5) is 5.69 Å². The number of carbonyl (C=O) groups excluding carboxylic acids is 1. The van der Waals surface area contributed by atoms with Crippen LogP contribution in [0.1, 0.15) is 23.1 Å². The summed E-state index contributed by atoms with van der Waals surface area (Å²) in [7, 11) is 0. The van der Waals surface area contributed by atoms with E-state index >= 15 is 0 Å². The number of nitrogens with one attached hydrogen (secondary N) is 1. The normalized spacial score (nSPS) is 12.1. The monoisotopic (exact) mass is 324 g/mol. The molecule has 0 bridgehead atoms. The molecule has 0 spiro atoms. The number of carbonyl (C=O) groups is 1. The third-order valence-corrected chi connectivity index (χ3v) is 3.94. The highest BCUT2D eigenvalue weighted by molar-refractivity contribution is 7.07. The van der Waals surface area contributed by atoms with E-state index in [-0.39, 0.29) is 30.4 Å². The number of aliphatic hydroxyl groups excluding tert-OH is 1. The summed E-state index contributed by atoms with van der Waals surface area (Å²) in [5.74, 6) is -0.366. The van der Waals surface area contributed by atoms with Gasteiger partial charge in [-0.25, -0.2) is 0 Å². The zero-order chi connectivity index (χ0) is 16.3. The molecule has 8 nitrogen and oxygen atoms in total. The third-order valence-electron chi connectivity index (χ3n) is 3.24. The summed E-state index contributed by atoms with van der Waals surface area (Å²) in [4.78, 5) is 22.3. The SMILES string of the molecule is Cc1nn(CC(=O)NCC(O)c2ccsc2)c(C)c1[N+](=O)[O-].